The molecule has 0 aromatic carbocycles. The van der Waals surface area contributed by atoms with Crippen molar-refractivity contribution in [2.24, 2.45) is 5.92 Å². The molecule has 1 aliphatic heterocycles. The van der Waals surface area contributed by atoms with E-state index < -0.39 is 0 Å². The van der Waals surface area contributed by atoms with Crippen molar-refractivity contribution in [3.63, 3.8) is 0 Å². The summed E-state index contributed by atoms with van der Waals surface area (Å²) in [4.78, 5) is 14.7. The molecule has 2 aliphatic rings. The Bertz CT molecular complexity index is 274. The van der Waals surface area contributed by atoms with E-state index in [1.54, 1.807) is 0 Å². The maximum absolute atomic E-state index is 12.5. The molecule has 0 aromatic heterocycles. The second kappa shape index (κ2) is 6.55. The predicted molar refractivity (Wildman–Crippen MR) is 74.4 cm³/mol. The average molecular weight is 252 g/mol. The zero-order valence-corrected chi connectivity index (χ0v) is 12.0. The van der Waals surface area contributed by atoms with E-state index in [2.05, 4.69) is 24.1 Å². The van der Waals surface area contributed by atoms with Crippen LogP contribution in [0, 0.1) is 5.92 Å². The molecule has 2 unspecified atom stereocenters. The largest absolute Gasteiger partial charge is 0.337 e. The van der Waals surface area contributed by atoms with Gasteiger partial charge in [0.2, 0.25) is 5.91 Å². The number of nitrogens with zero attached hydrogens (tertiary/aromatic N) is 1. The number of nitrogens with one attached hydrogen (secondary N) is 1. The molecule has 18 heavy (non-hydrogen) atoms. The van der Waals surface area contributed by atoms with Gasteiger partial charge in [-0.25, -0.2) is 0 Å². The Hall–Kier alpha value is -0.570. The Labute approximate surface area is 111 Å². The Balaban J connectivity index is 1.91. The van der Waals surface area contributed by atoms with E-state index in [9.17, 15) is 4.79 Å². The maximum atomic E-state index is 12.5. The summed E-state index contributed by atoms with van der Waals surface area (Å²) in [5, 5.41) is 3.55. The van der Waals surface area contributed by atoms with E-state index in [0.29, 0.717) is 23.9 Å². The van der Waals surface area contributed by atoms with Gasteiger partial charge in [0.15, 0.2) is 0 Å². The molecular formula is C15H28N2O. The molecular weight excluding hydrogens is 224 g/mol. The molecule has 0 spiro atoms. The highest BCUT2D eigenvalue weighted by Crippen LogP contribution is 2.28. The highest BCUT2D eigenvalue weighted by molar-refractivity contribution is 5.77. The van der Waals surface area contributed by atoms with Crippen LogP contribution in [0.3, 0.4) is 0 Å². The first kappa shape index (κ1) is 13.9. The lowest BCUT2D eigenvalue weighted by Gasteiger charge is -2.40. The van der Waals surface area contributed by atoms with Crippen molar-refractivity contribution >= 4 is 5.91 Å². The first-order valence-corrected chi connectivity index (χ1v) is 7.77. The lowest BCUT2D eigenvalue weighted by atomic mass is 10.00. The number of hydrogen-bond acceptors (Lipinski definition) is 2. The van der Waals surface area contributed by atoms with Gasteiger partial charge in [0.25, 0.3) is 0 Å². The number of amides is 1. The van der Waals surface area contributed by atoms with Crippen molar-refractivity contribution in [3.8, 4) is 0 Å². The quantitative estimate of drug-likeness (QED) is 0.834. The molecule has 3 heteroatoms. The summed E-state index contributed by atoms with van der Waals surface area (Å²) in [5.41, 5.74) is 0. The molecule has 1 saturated carbocycles. The van der Waals surface area contributed by atoms with Crippen LogP contribution in [-0.4, -0.2) is 36.0 Å². The number of piperazine rings is 1. The van der Waals surface area contributed by atoms with Gasteiger partial charge in [-0.15, -0.1) is 0 Å². The van der Waals surface area contributed by atoms with Crippen molar-refractivity contribution in [2.75, 3.05) is 13.1 Å². The molecule has 0 bridgehead atoms. The molecule has 2 rings (SSSR count). The summed E-state index contributed by atoms with van der Waals surface area (Å²) in [5.74, 6) is 1.08. The summed E-state index contributed by atoms with van der Waals surface area (Å²) >= 11 is 0. The van der Waals surface area contributed by atoms with E-state index in [1.165, 1.54) is 25.7 Å². The van der Waals surface area contributed by atoms with Gasteiger partial charge in [-0.1, -0.05) is 26.7 Å². The van der Waals surface area contributed by atoms with Crippen molar-refractivity contribution in [1.29, 1.82) is 0 Å². The zero-order chi connectivity index (χ0) is 13.0. The van der Waals surface area contributed by atoms with E-state index in [4.69, 9.17) is 0 Å². The Morgan fingerprint density at radius 3 is 2.56 bits per heavy atom. The maximum Gasteiger partial charge on any atom is 0.223 e. The second-order valence-corrected chi connectivity index (χ2v) is 5.98. The minimum absolute atomic E-state index is 0.411. The summed E-state index contributed by atoms with van der Waals surface area (Å²) in [7, 11) is 0. The van der Waals surface area contributed by atoms with Crippen LogP contribution < -0.4 is 5.32 Å². The molecule has 104 valence electrons. The Morgan fingerprint density at radius 2 is 1.94 bits per heavy atom. The smallest absolute Gasteiger partial charge is 0.223 e. The lowest BCUT2D eigenvalue weighted by Crippen LogP contribution is -2.58. The Morgan fingerprint density at radius 1 is 1.22 bits per heavy atom. The van der Waals surface area contributed by atoms with Gasteiger partial charge in [-0.2, -0.15) is 0 Å². The number of carbonyl (C=O) groups is 1. The number of carbonyl (C=O) groups excluding carboxylic acids is 1. The third kappa shape index (κ3) is 3.25. The SMILES string of the molecule is CCC1CN(C(=O)CC2CCCC2)C(CC)CN1. The fourth-order valence-electron chi connectivity index (χ4n) is 3.39. The monoisotopic (exact) mass is 252 g/mol. The third-order valence-electron chi connectivity index (χ3n) is 4.72. The molecule has 2 atom stereocenters. The standard InChI is InChI=1S/C15H28N2O/c1-3-13-11-17(14(4-2)10-16-13)15(18)9-12-7-5-6-8-12/h12-14,16H,3-11H2,1-2H3. The molecule has 1 saturated heterocycles. The summed E-state index contributed by atoms with van der Waals surface area (Å²) in [6, 6.07) is 0.919. The van der Waals surface area contributed by atoms with Crippen LogP contribution in [0.4, 0.5) is 0 Å². The van der Waals surface area contributed by atoms with Crippen LogP contribution in [0.1, 0.15) is 58.8 Å². The van der Waals surface area contributed by atoms with Gasteiger partial charge in [0, 0.05) is 31.6 Å². The first-order chi connectivity index (χ1) is 8.74. The van der Waals surface area contributed by atoms with Crippen LogP contribution in [-0.2, 0) is 4.79 Å². The van der Waals surface area contributed by atoms with Crippen molar-refractivity contribution < 1.29 is 4.79 Å². The minimum Gasteiger partial charge on any atom is -0.337 e. The minimum atomic E-state index is 0.411. The van der Waals surface area contributed by atoms with Gasteiger partial charge in [-0.3, -0.25) is 4.79 Å². The normalized spacial score (nSPS) is 29.8. The number of hydrogen-bond donors (Lipinski definition) is 1. The van der Waals surface area contributed by atoms with Crippen LogP contribution in [0.25, 0.3) is 0 Å². The van der Waals surface area contributed by atoms with E-state index in [0.717, 1.165) is 32.4 Å². The molecule has 2 fully saturated rings. The van der Waals surface area contributed by atoms with Gasteiger partial charge >= 0.3 is 0 Å². The molecule has 1 heterocycles. The van der Waals surface area contributed by atoms with Crippen LogP contribution in [0.15, 0.2) is 0 Å². The van der Waals surface area contributed by atoms with Gasteiger partial charge in [0.05, 0.1) is 0 Å². The first-order valence-electron chi connectivity index (χ1n) is 7.77. The highest BCUT2D eigenvalue weighted by atomic mass is 16.2. The fraction of sp³-hybridized carbons (Fsp3) is 0.933. The zero-order valence-electron chi connectivity index (χ0n) is 12.0. The molecule has 1 amide bonds. The van der Waals surface area contributed by atoms with Crippen LogP contribution in [0.5, 0.6) is 0 Å². The summed E-state index contributed by atoms with van der Waals surface area (Å²) in [6.07, 6.45) is 8.18. The molecule has 0 aromatic rings. The van der Waals surface area contributed by atoms with Crippen molar-refractivity contribution in [1.82, 2.24) is 10.2 Å². The lowest BCUT2D eigenvalue weighted by molar-refractivity contribution is -0.136. The molecule has 0 radical (unpaired) electrons. The predicted octanol–water partition coefficient (Wildman–Crippen LogP) is 2.56. The molecule has 1 aliphatic carbocycles. The average Bonchev–Trinajstić information content (AvgIpc) is 2.90. The fourth-order valence-corrected chi connectivity index (χ4v) is 3.39. The van der Waals surface area contributed by atoms with Gasteiger partial charge in [0.1, 0.15) is 0 Å². The summed E-state index contributed by atoms with van der Waals surface area (Å²) < 4.78 is 0. The topological polar surface area (TPSA) is 32.3 Å². The van der Waals surface area contributed by atoms with Crippen LogP contribution in [0.2, 0.25) is 0 Å². The van der Waals surface area contributed by atoms with Crippen LogP contribution >= 0.6 is 0 Å². The van der Waals surface area contributed by atoms with Crippen molar-refractivity contribution in [2.45, 2.75) is 70.9 Å². The van der Waals surface area contributed by atoms with Gasteiger partial charge in [-0.05, 0) is 31.6 Å². The Kier molecular flexibility index (Phi) is 5.04. The second-order valence-electron chi connectivity index (χ2n) is 5.98. The molecule has 3 nitrogen and oxygen atoms in total. The number of rotatable bonds is 4. The summed E-state index contributed by atoms with van der Waals surface area (Å²) in [6.45, 7) is 6.28. The highest BCUT2D eigenvalue weighted by Gasteiger charge is 2.31. The van der Waals surface area contributed by atoms with E-state index in [1.807, 2.05) is 0 Å². The van der Waals surface area contributed by atoms with E-state index in [-0.39, 0.29) is 0 Å². The van der Waals surface area contributed by atoms with Gasteiger partial charge < -0.3 is 10.2 Å². The van der Waals surface area contributed by atoms with Crippen molar-refractivity contribution in [3.05, 3.63) is 0 Å². The third-order valence-corrected chi connectivity index (χ3v) is 4.72. The van der Waals surface area contributed by atoms with E-state index >= 15 is 0 Å². The molecule has 1 N–H and O–H groups in total.